The normalized spacial score (nSPS) is 21.4. The lowest BCUT2D eigenvalue weighted by molar-refractivity contribution is 0.319. The van der Waals surface area contributed by atoms with Crippen LogP contribution in [0.1, 0.15) is 33.1 Å². The second-order valence-electron chi connectivity index (χ2n) is 5.33. The highest BCUT2D eigenvalue weighted by Gasteiger charge is 2.26. The van der Waals surface area contributed by atoms with Crippen LogP contribution < -0.4 is 15.8 Å². The molecule has 1 aromatic rings. The molecule has 1 aliphatic heterocycles. The van der Waals surface area contributed by atoms with Gasteiger partial charge in [-0.15, -0.1) is 0 Å². The standard InChI is InChI=1S/C14H24N4O/c1-3-6-15-11(2)12-5-4-9-18(10-12)13-14(19)17-8-7-16-13/h7-8,11-12,15H,3-6,9-10H2,1-2H3,(H,17,19). The number of anilines is 1. The topological polar surface area (TPSA) is 61.0 Å². The van der Waals surface area contributed by atoms with Gasteiger partial charge in [-0.05, 0) is 38.6 Å². The number of H-pyrrole nitrogens is 1. The molecule has 5 heteroatoms. The van der Waals surface area contributed by atoms with E-state index in [4.69, 9.17) is 0 Å². The molecule has 0 aliphatic carbocycles. The first kappa shape index (κ1) is 14.1. The van der Waals surface area contributed by atoms with Gasteiger partial charge < -0.3 is 15.2 Å². The van der Waals surface area contributed by atoms with Crippen molar-refractivity contribution in [2.75, 3.05) is 24.5 Å². The van der Waals surface area contributed by atoms with Gasteiger partial charge in [0.1, 0.15) is 0 Å². The Hall–Kier alpha value is -1.36. The average Bonchev–Trinajstić information content (AvgIpc) is 2.45. The molecule has 0 spiro atoms. The first-order chi connectivity index (χ1) is 9.22. The minimum atomic E-state index is -0.0858. The van der Waals surface area contributed by atoms with E-state index in [-0.39, 0.29) is 5.56 Å². The molecule has 1 saturated heterocycles. The molecule has 2 heterocycles. The summed E-state index contributed by atoms with van der Waals surface area (Å²) in [5, 5.41) is 3.56. The number of nitrogens with zero attached hydrogens (tertiary/aromatic N) is 2. The zero-order valence-electron chi connectivity index (χ0n) is 11.9. The predicted octanol–water partition coefficient (Wildman–Crippen LogP) is 1.37. The smallest absolute Gasteiger partial charge is 0.290 e. The van der Waals surface area contributed by atoms with Crippen LogP contribution in [0.25, 0.3) is 0 Å². The maximum atomic E-state index is 11.8. The van der Waals surface area contributed by atoms with Crippen LogP contribution >= 0.6 is 0 Å². The number of aromatic nitrogens is 2. The van der Waals surface area contributed by atoms with Crippen LogP contribution in [-0.2, 0) is 0 Å². The van der Waals surface area contributed by atoms with Crippen molar-refractivity contribution in [1.82, 2.24) is 15.3 Å². The Labute approximate surface area is 114 Å². The van der Waals surface area contributed by atoms with Crippen molar-refractivity contribution in [3.8, 4) is 0 Å². The van der Waals surface area contributed by atoms with Crippen LogP contribution in [0, 0.1) is 5.92 Å². The van der Waals surface area contributed by atoms with Crippen molar-refractivity contribution in [3.05, 3.63) is 22.7 Å². The van der Waals surface area contributed by atoms with Gasteiger partial charge in [-0.2, -0.15) is 0 Å². The van der Waals surface area contributed by atoms with Crippen molar-refractivity contribution in [1.29, 1.82) is 0 Å². The Bertz CT molecular complexity index is 445. The van der Waals surface area contributed by atoms with Crippen molar-refractivity contribution >= 4 is 5.82 Å². The monoisotopic (exact) mass is 264 g/mol. The Morgan fingerprint density at radius 1 is 1.63 bits per heavy atom. The van der Waals surface area contributed by atoms with E-state index in [1.54, 1.807) is 12.4 Å². The summed E-state index contributed by atoms with van der Waals surface area (Å²) < 4.78 is 0. The summed E-state index contributed by atoms with van der Waals surface area (Å²) in [5.74, 6) is 1.15. The van der Waals surface area contributed by atoms with Crippen LogP contribution in [-0.4, -0.2) is 35.6 Å². The highest BCUT2D eigenvalue weighted by atomic mass is 16.1. The molecule has 0 saturated carbocycles. The SMILES string of the molecule is CCCNC(C)C1CCCN(c2ncc[nH]c2=O)C1. The highest BCUT2D eigenvalue weighted by Crippen LogP contribution is 2.21. The molecule has 2 N–H and O–H groups in total. The molecular formula is C14H24N4O. The fraction of sp³-hybridized carbons (Fsp3) is 0.714. The van der Waals surface area contributed by atoms with Crippen LogP contribution in [0.15, 0.2) is 17.2 Å². The van der Waals surface area contributed by atoms with Gasteiger partial charge in [0.25, 0.3) is 5.56 Å². The predicted molar refractivity (Wildman–Crippen MR) is 77.6 cm³/mol. The second-order valence-corrected chi connectivity index (χ2v) is 5.33. The summed E-state index contributed by atoms with van der Waals surface area (Å²) >= 11 is 0. The quantitative estimate of drug-likeness (QED) is 0.843. The molecular weight excluding hydrogens is 240 g/mol. The molecule has 2 unspecified atom stereocenters. The van der Waals surface area contributed by atoms with Crippen LogP contribution in [0.3, 0.4) is 0 Å². The fourth-order valence-corrected chi connectivity index (χ4v) is 2.72. The average molecular weight is 264 g/mol. The first-order valence-corrected chi connectivity index (χ1v) is 7.24. The van der Waals surface area contributed by atoms with E-state index in [2.05, 4.69) is 34.0 Å². The lowest BCUT2D eigenvalue weighted by Crippen LogP contribution is -2.46. The third kappa shape index (κ3) is 3.56. The molecule has 0 amide bonds. The second kappa shape index (κ2) is 6.70. The largest absolute Gasteiger partial charge is 0.352 e. The third-order valence-electron chi connectivity index (χ3n) is 3.87. The summed E-state index contributed by atoms with van der Waals surface area (Å²) in [6.07, 6.45) is 6.73. The number of hydrogen-bond donors (Lipinski definition) is 2. The summed E-state index contributed by atoms with van der Waals surface area (Å²) in [6.45, 7) is 7.32. The van der Waals surface area contributed by atoms with Gasteiger partial charge in [-0.1, -0.05) is 6.92 Å². The molecule has 1 aromatic heterocycles. The number of rotatable bonds is 5. The van der Waals surface area contributed by atoms with Gasteiger partial charge in [0.2, 0.25) is 0 Å². The summed E-state index contributed by atoms with van der Waals surface area (Å²) in [6, 6.07) is 0.491. The maximum absolute atomic E-state index is 11.8. The Balaban J connectivity index is 2.01. The number of aromatic amines is 1. The van der Waals surface area contributed by atoms with Gasteiger partial charge in [-0.3, -0.25) is 4.79 Å². The maximum Gasteiger partial charge on any atom is 0.290 e. The van der Waals surface area contributed by atoms with Crippen molar-refractivity contribution < 1.29 is 0 Å². The summed E-state index contributed by atoms with van der Waals surface area (Å²) in [5.41, 5.74) is -0.0858. The van der Waals surface area contributed by atoms with E-state index in [0.29, 0.717) is 17.8 Å². The Morgan fingerprint density at radius 3 is 3.21 bits per heavy atom. The molecule has 5 nitrogen and oxygen atoms in total. The highest BCUT2D eigenvalue weighted by molar-refractivity contribution is 5.35. The molecule has 1 fully saturated rings. The van der Waals surface area contributed by atoms with Crippen LogP contribution in [0.4, 0.5) is 5.82 Å². The van der Waals surface area contributed by atoms with E-state index >= 15 is 0 Å². The van der Waals surface area contributed by atoms with Gasteiger partial charge >= 0.3 is 0 Å². The van der Waals surface area contributed by atoms with Crippen LogP contribution in [0.5, 0.6) is 0 Å². The summed E-state index contributed by atoms with van der Waals surface area (Å²) in [7, 11) is 0. The van der Waals surface area contributed by atoms with E-state index in [1.807, 2.05) is 0 Å². The van der Waals surface area contributed by atoms with E-state index in [1.165, 1.54) is 6.42 Å². The minimum Gasteiger partial charge on any atom is -0.352 e. The van der Waals surface area contributed by atoms with Crippen molar-refractivity contribution in [2.45, 2.75) is 39.2 Å². The molecule has 106 valence electrons. The van der Waals surface area contributed by atoms with Gasteiger partial charge in [-0.25, -0.2) is 4.98 Å². The number of piperidine rings is 1. The molecule has 2 rings (SSSR count). The first-order valence-electron chi connectivity index (χ1n) is 7.24. The zero-order chi connectivity index (χ0) is 13.7. The van der Waals surface area contributed by atoms with E-state index in [9.17, 15) is 4.79 Å². The Morgan fingerprint density at radius 2 is 2.47 bits per heavy atom. The molecule has 1 aliphatic rings. The van der Waals surface area contributed by atoms with Gasteiger partial charge in [0.15, 0.2) is 5.82 Å². The summed E-state index contributed by atoms with van der Waals surface area (Å²) in [4.78, 5) is 20.8. The van der Waals surface area contributed by atoms with Gasteiger partial charge in [0.05, 0.1) is 0 Å². The number of hydrogen-bond acceptors (Lipinski definition) is 4. The van der Waals surface area contributed by atoms with Crippen molar-refractivity contribution in [3.63, 3.8) is 0 Å². The van der Waals surface area contributed by atoms with E-state index < -0.39 is 0 Å². The van der Waals surface area contributed by atoms with Gasteiger partial charge in [0, 0.05) is 31.5 Å². The van der Waals surface area contributed by atoms with Crippen LogP contribution in [0.2, 0.25) is 0 Å². The molecule has 0 bridgehead atoms. The lowest BCUT2D eigenvalue weighted by Gasteiger charge is -2.36. The van der Waals surface area contributed by atoms with Crippen molar-refractivity contribution in [2.24, 2.45) is 5.92 Å². The minimum absolute atomic E-state index is 0.0858. The van der Waals surface area contributed by atoms with E-state index in [0.717, 1.165) is 32.5 Å². The third-order valence-corrected chi connectivity index (χ3v) is 3.87. The molecule has 0 radical (unpaired) electrons. The lowest BCUT2D eigenvalue weighted by atomic mass is 9.91. The fourth-order valence-electron chi connectivity index (χ4n) is 2.72. The zero-order valence-corrected chi connectivity index (χ0v) is 11.9. The molecule has 2 atom stereocenters. The Kier molecular flexibility index (Phi) is 4.96. The molecule has 19 heavy (non-hydrogen) atoms. The number of nitrogens with one attached hydrogen (secondary N) is 2. The molecule has 0 aromatic carbocycles.